The normalized spacial score (nSPS) is 10.3. The molecule has 0 heterocycles. The highest BCUT2D eigenvalue weighted by molar-refractivity contribution is 6.44. The number of aromatic hydroxyl groups is 1. The summed E-state index contributed by atoms with van der Waals surface area (Å²) in [6, 6.07) is 9.30. The van der Waals surface area contributed by atoms with Gasteiger partial charge in [0, 0.05) is 24.4 Å². The zero-order chi connectivity index (χ0) is 14.9. The van der Waals surface area contributed by atoms with Gasteiger partial charge in [-0.3, -0.25) is 4.79 Å². The number of benzene rings is 2. The first-order chi connectivity index (χ1) is 9.40. The van der Waals surface area contributed by atoms with E-state index in [2.05, 4.69) is 0 Å². The number of amides is 1. The summed E-state index contributed by atoms with van der Waals surface area (Å²) in [5.74, 6) is -0.225. The van der Waals surface area contributed by atoms with Crippen molar-refractivity contribution in [2.75, 3.05) is 17.7 Å². The Morgan fingerprint density at radius 2 is 1.95 bits per heavy atom. The van der Waals surface area contributed by atoms with Gasteiger partial charge in [-0.05, 0) is 24.3 Å². The molecule has 0 atom stereocenters. The van der Waals surface area contributed by atoms with Crippen molar-refractivity contribution in [1.29, 1.82) is 0 Å². The maximum Gasteiger partial charge on any atom is 0.258 e. The van der Waals surface area contributed by atoms with Crippen LogP contribution in [-0.4, -0.2) is 18.1 Å². The summed E-state index contributed by atoms with van der Waals surface area (Å²) in [5, 5.41) is 9.89. The standard InChI is InChI=1S/C14H12Cl2N2O2/c1-18(9-3-2-4-10(19)7-9)14(20)8-5-11(15)13(16)12(17)6-8/h2-7,19H,17H2,1H3. The van der Waals surface area contributed by atoms with E-state index in [0.717, 1.165) is 0 Å². The van der Waals surface area contributed by atoms with Crippen molar-refractivity contribution in [3.63, 3.8) is 0 Å². The lowest BCUT2D eigenvalue weighted by Crippen LogP contribution is -2.26. The van der Waals surface area contributed by atoms with Gasteiger partial charge < -0.3 is 15.7 Å². The highest BCUT2D eigenvalue weighted by Gasteiger charge is 2.16. The van der Waals surface area contributed by atoms with E-state index in [4.69, 9.17) is 28.9 Å². The van der Waals surface area contributed by atoms with Crippen molar-refractivity contribution in [2.24, 2.45) is 0 Å². The van der Waals surface area contributed by atoms with Crippen LogP contribution in [0.3, 0.4) is 0 Å². The Morgan fingerprint density at radius 1 is 1.25 bits per heavy atom. The molecule has 2 aromatic rings. The molecule has 0 aromatic heterocycles. The second-order valence-corrected chi connectivity index (χ2v) is 5.03. The topological polar surface area (TPSA) is 66.6 Å². The van der Waals surface area contributed by atoms with Crippen molar-refractivity contribution in [3.05, 3.63) is 52.0 Å². The van der Waals surface area contributed by atoms with E-state index in [1.54, 1.807) is 19.2 Å². The number of nitrogen functional groups attached to an aromatic ring is 1. The maximum atomic E-state index is 12.4. The Labute approximate surface area is 126 Å². The number of halogens is 2. The largest absolute Gasteiger partial charge is 0.508 e. The molecule has 0 radical (unpaired) electrons. The molecule has 2 aromatic carbocycles. The van der Waals surface area contributed by atoms with E-state index >= 15 is 0 Å². The van der Waals surface area contributed by atoms with Crippen LogP contribution in [0.5, 0.6) is 5.75 Å². The van der Waals surface area contributed by atoms with E-state index in [9.17, 15) is 9.90 Å². The molecule has 0 aliphatic rings. The second kappa shape index (κ2) is 5.61. The van der Waals surface area contributed by atoms with E-state index in [-0.39, 0.29) is 27.4 Å². The highest BCUT2D eigenvalue weighted by atomic mass is 35.5. The molecule has 20 heavy (non-hydrogen) atoms. The number of nitrogens with zero attached hydrogens (tertiary/aromatic N) is 1. The van der Waals surface area contributed by atoms with Crippen molar-refractivity contribution < 1.29 is 9.90 Å². The van der Waals surface area contributed by atoms with Crippen LogP contribution in [0.1, 0.15) is 10.4 Å². The van der Waals surface area contributed by atoms with Crippen LogP contribution in [0.25, 0.3) is 0 Å². The average molecular weight is 311 g/mol. The van der Waals surface area contributed by atoms with Crippen molar-refractivity contribution >= 4 is 40.5 Å². The van der Waals surface area contributed by atoms with Gasteiger partial charge >= 0.3 is 0 Å². The molecule has 0 fully saturated rings. The van der Waals surface area contributed by atoms with Crippen LogP contribution < -0.4 is 10.6 Å². The van der Waals surface area contributed by atoms with Gasteiger partial charge in [0.15, 0.2) is 0 Å². The van der Waals surface area contributed by atoms with Crippen molar-refractivity contribution in [2.45, 2.75) is 0 Å². The molecule has 0 saturated heterocycles. The van der Waals surface area contributed by atoms with E-state index in [1.807, 2.05) is 0 Å². The molecule has 104 valence electrons. The van der Waals surface area contributed by atoms with Crippen molar-refractivity contribution in [1.82, 2.24) is 0 Å². The number of carbonyl (C=O) groups is 1. The molecule has 0 saturated carbocycles. The molecule has 0 aliphatic carbocycles. The molecule has 1 amide bonds. The molecule has 0 spiro atoms. The van der Waals surface area contributed by atoms with Crippen LogP contribution in [0.4, 0.5) is 11.4 Å². The van der Waals surface area contributed by atoms with Gasteiger partial charge in [-0.25, -0.2) is 0 Å². The lowest BCUT2D eigenvalue weighted by Gasteiger charge is -2.18. The van der Waals surface area contributed by atoms with Gasteiger partial charge in [0.2, 0.25) is 0 Å². The number of phenols is 1. The van der Waals surface area contributed by atoms with Gasteiger partial charge in [0.1, 0.15) is 5.75 Å². The maximum absolute atomic E-state index is 12.4. The number of hydrogen-bond donors (Lipinski definition) is 2. The number of carbonyl (C=O) groups excluding carboxylic acids is 1. The van der Waals surface area contributed by atoms with Crippen LogP contribution in [0.15, 0.2) is 36.4 Å². The Balaban J connectivity index is 2.36. The first-order valence-corrected chi connectivity index (χ1v) is 6.47. The van der Waals surface area contributed by atoms with E-state index in [0.29, 0.717) is 11.3 Å². The minimum absolute atomic E-state index is 0.0794. The van der Waals surface area contributed by atoms with Crippen molar-refractivity contribution in [3.8, 4) is 5.75 Å². The number of rotatable bonds is 2. The van der Waals surface area contributed by atoms with Crippen LogP contribution >= 0.6 is 23.2 Å². The molecule has 0 unspecified atom stereocenters. The third-order valence-corrected chi connectivity index (χ3v) is 3.64. The number of nitrogens with two attached hydrogens (primary N) is 1. The fraction of sp³-hybridized carbons (Fsp3) is 0.0714. The minimum atomic E-state index is -0.305. The van der Waals surface area contributed by atoms with Gasteiger partial charge in [-0.2, -0.15) is 0 Å². The lowest BCUT2D eigenvalue weighted by atomic mass is 10.1. The Hall–Kier alpha value is -1.91. The fourth-order valence-corrected chi connectivity index (χ4v) is 2.08. The molecule has 0 bridgehead atoms. The molecule has 6 heteroatoms. The molecule has 2 rings (SSSR count). The van der Waals surface area contributed by atoms with Crippen LogP contribution in [-0.2, 0) is 0 Å². The summed E-state index contributed by atoms with van der Waals surface area (Å²) in [6.07, 6.45) is 0. The summed E-state index contributed by atoms with van der Waals surface area (Å²) >= 11 is 11.8. The van der Waals surface area contributed by atoms with Gasteiger partial charge in [0.25, 0.3) is 5.91 Å². The predicted octanol–water partition coefficient (Wildman–Crippen LogP) is 3.56. The van der Waals surface area contributed by atoms with Crippen LogP contribution in [0, 0.1) is 0 Å². The Kier molecular flexibility index (Phi) is 4.06. The first-order valence-electron chi connectivity index (χ1n) is 5.71. The summed E-state index contributed by atoms with van der Waals surface area (Å²) in [4.78, 5) is 13.7. The number of anilines is 2. The predicted molar refractivity (Wildman–Crippen MR) is 81.7 cm³/mol. The lowest BCUT2D eigenvalue weighted by molar-refractivity contribution is 0.0993. The third-order valence-electron chi connectivity index (χ3n) is 2.82. The van der Waals surface area contributed by atoms with E-state index < -0.39 is 0 Å². The monoisotopic (exact) mass is 310 g/mol. The molecular formula is C14H12Cl2N2O2. The average Bonchev–Trinajstić information content (AvgIpc) is 2.42. The number of phenolic OH excluding ortho intramolecular Hbond substituents is 1. The van der Waals surface area contributed by atoms with Crippen LogP contribution in [0.2, 0.25) is 10.0 Å². The molecular weight excluding hydrogens is 299 g/mol. The van der Waals surface area contributed by atoms with Gasteiger partial charge in [0.05, 0.1) is 15.7 Å². The molecule has 4 nitrogen and oxygen atoms in total. The zero-order valence-corrected chi connectivity index (χ0v) is 12.1. The van der Waals surface area contributed by atoms with Gasteiger partial charge in [-0.1, -0.05) is 29.3 Å². The molecule has 3 N–H and O–H groups in total. The SMILES string of the molecule is CN(C(=O)c1cc(N)c(Cl)c(Cl)c1)c1cccc(O)c1. The second-order valence-electron chi connectivity index (χ2n) is 4.25. The summed E-state index contributed by atoms with van der Waals surface area (Å²) in [7, 11) is 1.59. The van der Waals surface area contributed by atoms with Gasteiger partial charge in [-0.15, -0.1) is 0 Å². The Morgan fingerprint density at radius 3 is 2.55 bits per heavy atom. The molecule has 0 aliphatic heterocycles. The Bertz CT molecular complexity index is 651. The van der Waals surface area contributed by atoms with E-state index in [1.165, 1.54) is 29.2 Å². The fourth-order valence-electron chi connectivity index (χ4n) is 1.75. The minimum Gasteiger partial charge on any atom is -0.508 e. The summed E-state index contributed by atoms with van der Waals surface area (Å²) in [5.41, 5.74) is 6.81. The zero-order valence-electron chi connectivity index (χ0n) is 10.6. The highest BCUT2D eigenvalue weighted by Crippen LogP contribution is 2.30. The first kappa shape index (κ1) is 14.5. The third kappa shape index (κ3) is 2.81. The summed E-state index contributed by atoms with van der Waals surface area (Å²) < 4.78 is 0. The smallest absolute Gasteiger partial charge is 0.258 e. The quantitative estimate of drug-likeness (QED) is 0.833. The summed E-state index contributed by atoms with van der Waals surface area (Å²) in [6.45, 7) is 0. The number of hydrogen-bond acceptors (Lipinski definition) is 3.